The average Bonchev–Trinajstić information content (AvgIpc) is 3.12. The molecule has 0 spiro atoms. The zero-order valence-electron chi connectivity index (χ0n) is 14.9. The fraction of sp³-hybridized carbons (Fsp3) is 0.611. The standard InChI is InChI=1S/C18H23N3O4/c1-18(2)8-12-13(9-19)17(24-11-15(22)23-3)20-16(14(12)10-25-18)21-6-4-5-7-21/h4-8,10-11H2,1-3H3. The summed E-state index contributed by atoms with van der Waals surface area (Å²) in [4.78, 5) is 18.2. The predicted molar refractivity (Wildman–Crippen MR) is 90.5 cm³/mol. The van der Waals surface area contributed by atoms with Gasteiger partial charge in [0.15, 0.2) is 6.61 Å². The first-order valence-corrected chi connectivity index (χ1v) is 8.49. The van der Waals surface area contributed by atoms with Crippen LogP contribution < -0.4 is 9.64 Å². The van der Waals surface area contributed by atoms with E-state index < -0.39 is 5.97 Å². The summed E-state index contributed by atoms with van der Waals surface area (Å²) < 4.78 is 16.1. The Balaban J connectivity index is 2.06. The van der Waals surface area contributed by atoms with Crippen molar-refractivity contribution in [1.29, 1.82) is 5.26 Å². The van der Waals surface area contributed by atoms with Crippen LogP contribution in [0.25, 0.3) is 0 Å². The van der Waals surface area contributed by atoms with Gasteiger partial charge in [-0.25, -0.2) is 4.79 Å². The summed E-state index contributed by atoms with van der Waals surface area (Å²) in [6.45, 7) is 6.00. The van der Waals surface area contributed by atoms with Crippen LogP contribution in [0.15, 0.2) is 0 Å². The minimum absolute atomic E-state index is 0.200. The lowest BCUT2D eigenvalue weighted by Gasteiger charge is -2.35. The molecule has 0 aromatic carbocycles. The molecule has 3 heterocycles. The number of fused-ring (bicyclic) bond motifs is 1. The monoisotopic (exact) mass is 345 g/mol. The summed E-state index contributed by atoms with van der Waals surface area (Å²) in [5.74, 6) is 0.503. The Morgan fingerprint density at radius 2 is 2.08 bits per heavy atom. The lowest BCUT2D eigenvalue weighted by atomic mass is 9.89. The van der Waals surface area contributed by atoms with Crippen LogP contribution in [-0.4, -0.2) is 43.4 Å². The molecule has 7 nitrogen and oxygen atoms in total. The number of nitrogens with zero attached hydrogens (tertiary/aromatic N) is 3. The number of nitriles is 1. The van der Waals surface area contributed by atoms with Crippen LogP contribution in [0.1, 0.15) is 43.4 Å². The van der Waals surface area contributed by atoms with Gasteiger partial charge < -0.3 is 19.1 Å². The van der Waals surface area contributed by atoms with Crippen molar-refractivity contribution in [1.82, 2.24) is 4.98 Å². The smallest absolute Gasteiger partial charge is 0.343 e. The molecule has 134 valence electrons. The topological polar surface area (TPSA) is 84.7 Å². The van der Waals surface area contributed by atoms with Gasteiger partial charge in [-0.1, -0.05) is 0 Å². The summed E-state index contributed by atoms with van der Waals surface area (Å²) >= 11 is 0. The maximum atomic E-state index is 11.4. The predicted octanol–water partition coefficient (Wildman–Crippen LogP) is 1.96. The van der Waals surface area contributed by atoms with Crippen LogP contribution in [0.4, 0.5) is 5.82 Å². The molecule has 0 atom stereocenters. The highest BCUT2D eigenvalue weighted by Gasteiger charge is 2.34. The average molecular weight is 345 g/mol. The van der Waals surface area contributed by atoms with E-state index in [9.17, 15) is 10.1 Å². The Labute approximate surface area is 147 Å². The normalized spacial score (nSPS) is 18.4. The van der Waals surface area contributed by atoms with Crippen LogP contribution in [0.2, 0.25) is 0 Å². The van der Waals surface area contributed by atoms with Gasteiger partial charge in [-0.3, -0.25) is 0 Å². The first-order chi connectivity index (χ1) is 11.9. The molecule has 0 aliphatic carbocycles. The number of rotatable bonds is 4. The molecule has 7 heteroatoms. The maximum Gasteiger partial charge on any atom is 0.343 e. The fourth-order valence-corrected chi connectivity index (χ4v) is 3.32. The SMILES string of the molecule is COC(=O)COc1nc(N2CCCC2)c2c(c1C#N)CC(C)(C)OC2. The number of anilines is 1. The number of hydrogen-bond acceptors (Lipinski definition) is 7. The van der Waals surface area contributed by atoms with Crippen molar-refractivity contribution in [2.75, 3.05) is 31.7 Å². The number of ether oxygens (including phenoxy) is 3. The number of carbonyl (C=O) groups excluding carboxylic acids is 1. The van der Waals surface area contributed by atoms with E-state index in [-0.39, 0.29) is 18.1 Å². The highest BCUT2D eigenvalue weighted by molar-refractivity contribution is 5.71. The van der Waals surface area contributed by atoms with E-state index in [1.54, 1.807) is 0 Å². The van der Waals surface area contributed by atoms with Crippen LogP contribution >= 0.6 is 0 Å². The van der Waals surface area contributed by atoms with Crippen LogP contribution in [-0.2, 0) is 27.3 Å². The molecule has 0 radical (unpaired) electrons. The molecular weight excluding hydrogens is 322 g/mol. The lowest BCUT2D eigenvalue weighted by Crippen LogP contribution is -2.34. The molecule has 0 saturated carbocycles. The quantitative estimate of drug-likeness (QED) is 0.771. The number of carbonyl (C=O) groups is 1. The number of pyridine rings is 1. The van der Waals surface area contributed by atoms with E-state index in [1.807, 2.05) is 13.8 Å². The van der Waals surface area contributed by atoms with E-state index in [4.69, 9.17) is 9.47 Å². The van der Waals surface area contributed by atoms with Gasteiger partial charge in [-0.05, 0) is 32.3 Å². The number of esters is 1. The third kappa shape index (κ3) is 3.54. The van der Waals surface area contributed by atoms with Gasteiger partial charge in [-0.2, -0.15) is 10.2 Å². The maximum absolute atomic E-state index is 11.4. The lowest BCUT2D eigenvalue weighted by molar-refractivity contribution is -0.143. The first-order valence-electron chi connectivity index (χ1n) is 8.49. The largest absolute Gasteiger partial charge is 0.466 e. The Morgan fingerprint density at radius 1 is 1.36 bits per heavy atom. The highest BCUT2D eigenvalue weighted by atomic mass is 16.6. The number of hydrogen-bond donors (Lipinski definition) is 0. The van der Waals surface area contributed by atoms with Crippen LogP contribution in [0.5, 0.6) is 5.88 Å². The van der Waals surface area contributed by atoms with E-state index in [2.05, 4.69) is 20.7 Å². The second-order valence-electron chi connectivity index (χ2n) is 6.97. The van der Waals surface area contributed by atoms with E-state index in [0.717, 1.165) is 42.9 Å². The molecule has 0 unspecified atom stereocenters. The van der Waals surface area contributed by atoms with Crippen molar-refractivity contribution in [3.8, 4) is 11.9 Å². The molecule has 3 rings (SSSR count). The van der Waals surface area contributed by atoms with Crippen molar-refractivity contribution in [2.24, 2.45) is 0 Å². The van der Waals surface area contributed by atoms with Gasteiger partial charge >= 0.3 is 5.97 Å². The van der Waals surface area contributed by atoms with Gasteiger partial charge in [-0.15, -0.1) is 0 Å². The second kappa shape index (κ2) is 6.89. The van der Waals surface area contributed by atoms with Crippen molar-refractivity contribution >= 4 is 11.8 Å². The number of methoxy groups -OCH3 is 1. The molecule has 1 fully saturated rings. The first kappa shape index (κ1) is 17.5. The van der Waals surface area contributed by atoms with Gasteiger partial charge in [0, 0.05) is 25.1 Å². The Hall–Kier alpha value is -2.33. The van der Waals surface area contributed by atoms with Crippen LogP contribution in [0.3, 0.4) is 0 Å². The summed E-state index contributed by atoms with van der Waals surface area (Å²) in [5.41, 5.74) is 1.90. The summed E-state index contributed by atoms with van der Waals surface area (Å²) in [6.07, 6.45) is 2.82. The Morgan fingerprint density at radius 3 is 2.72 bits per heavy atom. The van der Waals surface area contributed by atoms with Gasteiger partial charge in [0.2, 0.25) is 5.88 Å². The van der Waals surface area contributed by atoms with Gasteiger partial charge in [0.25, 0.3) is 0 Å². The Bertz CT molecular complexity index is 718. The minimum Gasteiger partial charge on any atom is -0.466 e. The molecule has 0 bridgehead atoms. The van der Waals surface area contributed by atoms with Crippen molar-refractivity contribution in [2.45, 2.75) is 45.3 Å². The summed E-state index contributed by atoms with van der Waals surface area (Å²) in [7, 11) is 1.30. The molecule has 1 aromatic heterocycles. The molecule has 2 aliphatic heterocycles. The van der Waals surface area contributed by atoms with E-state index in [0.29, 0.717) is 18.6 Å². The summed E-state index contributed by atoms with van der Waals surface area (Å²) in [5, 5.41) is 9.68. The van der Waals surface area contributed by atoms with Crippen molar-refractivity contribution in [3.05, 3.63) is 16.7 Å². The third-order valence-corrected chi connectivity index (χ3v) is 4.64. The highest BCUT2D eigenvalue weighted by Crippen LogP contribution is 2.39. The molecule has 0 N–H and O–H groups in total. The van der Waals surface area contributed by atoms with E-state index >= 15 is 0 Å². The third-order valence-electron chi connectivity index (χ3n) is 4.64. The molecule has 25 heavy (non-hydrogen) atoms. The Kier molecular flexibility index (Phi) is 4.82. The number of aromatic nitrogens is 1. The summed E-state index contributed by atoms with van der Waals surface area (Å²) in [6, 6.07) is 2.21. The molecular formula is C18H23N3O4. The van der Waals surface area contributed by atoms with E-state index in [1.165, 1.54) is 7.11 Å². The van der Waals surface area contributed by atoms with Crippen molar-refractivity contribution < 1.29 is 19.0 Å². The molecule has 0 amide bonds. The molecule has 1 saturated heterocycles. The van der Waals surface area contributed by atoms with Gasteiger partial charge in [0.1, 0.15) is 17.5 Å². The minimum atomic E-state index is -0.505. The fourth-order valence-electron chi connectivity index (χ4n) is 3.32. The molecule has 1 aromatic rings. The van der Waals surface area contributed by atoms with Gasteiger partial charge in [0.05, 0.1) is 19.3 Å². The second-order valence-corrected chi connectivity index (χ2v) is 6.97. The molecule has 2 aliphatic rings. The van der Waals surface area contributed by atoms with Crippen molar-refractivity contribution in [3.63, 3.8) is 0 Å². The van der Waals surface area contributed by atoms with Crippen LogP contribution in [0, 0.1) is 11.3 Å². The zero-order chi connectivity index (χ0) is 18.0. The zero-order valence-corrected chi connectivity index (χ0v) is 14.9.